The molecule has 0 aromatic rings. The lowest BCUT2D eigenvalue weighted by Gasteiger charge is -2.27. The Bertz CT molecular complexity index is 915. The van der Waals surface area contributed by atoms with Crippen molar-refractivity contribution in [3.8, 4) is 0 Å². The fourth-order valence-electron chi connectivity index (χ4n) is 6.96. The first-order valence-corrected chi connectivity index (χ1v) is 23.5. The first-order chi connectivity index (χ1) is 27.0. The summed E-state index contributed by atoms with van der Waals surface area (Å²) in [5, 5.41) is 43.7. The zero-order valence-corrected chi connectivity index (χ0v) is 36.2. The van der Waals surface area contributed by atoms with Gasteiger partial charge in [0.05, 0.1) is 18.8 Å². The maximum atomic E-state index is 12.5. The molecule has 0 aromatic carbocycles. The first-order valence-electron chi connectivity index (χ1n) is 23.5. The summed E-state index contributed by atoms with van der Waals surface area (Å²) >= 11 is 0. The Kier molecular flexibility index (Phi) is 42.0. The average molecular weight is 774 g/mol. The maximum Gasteiger partial charge on any atom is 0.249 e. The number of hydrogen-bond donors (Lipinski definition) is 5. The molecule has 0 aliphatic carbocycles. The minimum Gasteiger partial charge on any atom is -0.394 e. The molecule has 5 N–H and O–H groups in total. The summed E-state index contributed by atoms with van der Waals surface area (Å²) in [7, 11) is 0. The molecule has 0 rings (SSSR count). The molecule has 0 aliphatic heterocycles. The van der Waals surface area contributed by atoms with E-state index < -0.39 is 36.9 Å². The van der Waals surface area contributed by atoms with Gasteiger partial charge in [-0.3, -0.25) is 4.79 Å². The van der Waals surface area contributed by atoms with Crippen LogP contribution in [0.25, 0.3) is 0 Å². The number of carbonyl (C=O) groups is 1. The molecule has 0 spiro atoms. The van der Waals surface area contributed by atoms with Gasteiger partial charge in [0.15, 0.2) is 0 Å². The van der Waals surface area contributed by atoms with Crippen molar-refractivity contribution >= 4 is 5.91 Å². The van der Waals surface area contributed by atoms with E-state index in [1.807, 2.05) is 0 Å². The van der Waals surface area contributed by atoms with Crippen LogP contribution >= 0.6 is 0 Å². The molecular formula is C49H91NO5. The Balaban J connectivity index is 3.81. The number of aliphatic hydroxyl groups excluding tert-OH is 4. The van der Waals surface area contributed by atoms with Gasteiger partial charge in [-0.15, -0.1) is 0 Å². The highest BCUT2D eigenvalue weighted by atomic mass is 16.3. The van der Waals surface area contributed by atoms with Gasteiger partial charge in [-0.2, -0.15) is 0 Å². The fraction of sp³-hybridized carbons (Fsp3) is 0.816. The molecule has 0 saturated carbocycles. The van der Waals surface area contributed by atoms with Gasteiger partial charge in [0.2, 0.25) is 5.91 Å². The maximum absolute atomic E-state index is 12.5. The minimum atomic E-state index is -1.30. The third-order valence-electron chi connectivity index (χ3n) is 10.7. The Morgan fingerprint density at radius 2 is 0.764 bits per heavy atom. The number of nitrogens with one attached hydrogen (secondary N) is 1. The van der Waals surface area contributed by atoms with Gasteiger partial charge in [-0.05, 0) is 89.9 Å². The van der Waals surface area contributed by atoms with Gasteiger partial charge in [0.1, 0.15) is 12.2 Å². The summed E-state index contributed by atoms with van der Waals surface area (Å²) in [4.78, 5) is 12.5. The van der Waals surface area contributed by atoms with Crippen LogP contribution in [0.1, 0.15) is 226 Å². The largest absolute Gasteiger partial charge is 0.394 e. The Morgan fingerprint density at radius 3 is 1.15 bits per heavy atom. The highest BCUT2D eigenvalue weighted by Crippen LogP contribution is 2.14. The lowest BCUT2D eigenvalue weighted by molar-refractivity contribution is -0.132. The van der Waals surface area contributed by atoms with E-state index in [9.17, 15) is 25.2 Å². The molecule has 0 aromatic heterocycles. The molecule has 322 valence electrons. The van der Waals surface area contributed by atoms with Crippen molar-refractivity contribution < 1.29 is 25.2 Å². The molecule has 6 heteroatoms. The normalized spacial score (nSPS) is 14.5. The summed E-state index contributed by atoms with van der Waals surface area (Å²) in [6, 6.07) is -1.02. The number of unbranched alkanes of at least 4 members (excludes halogenated alkanes) is 25. The van der Waals surface area contributed by atoms with Crippen molar-refractivity contribution in [1.29, 1.82) is 0 Å². The van der Waals surface area contributed by atoms with Crippen molar-refractivity contribution in [3.05, 3.63) is 48.6 Å². The summed E-state index contributed by atoms with van der Waals surface area (Å²) in [5.41, 5.74) is 0. The third-order valence-corrected chi connectivity index (χ3v) is 10.7. The number of carbonyl (C=O) groups excluding carboxylic acids is 1. The van der Waals surface area contributed by atoms with Gasteiger partial charge >= 0.3 is 0 Å². The molecule has 4 atom stereocenters. The first kappa shape index (κ1) is 53.3. The number of hydrogen-bond acceptors (Lipinski definition) is 5. The molecule has 0 aliphatic rings. The van der Waals surface area contributed by atoms with E-state index in [1.165, 1.54) is 128 Å². The molecular weight excluding hydrogens is 683 g/mol. The number of allylic oxidation sites excluding steroid dienone is 8. The molecule has 0 fully saturated rings. The van der Waals surface area contributed by atoms with Gasteiger partial charge < -0.3 is 25.7 Å². The van der Waals surface area contributed by atoms with Crippen LogP contribution in [0.4, 0.5) is 0 Å². The Morgan fingerprint density at radius 1 is 0.436 bits per heavy atom. The molecule has 0 saturated heterocycles. The molecule has 6 nitrogen and oxygen atoms in total. The lowest BCUT2D eigenvalue weighted by atomic mass is 10.00. The van der Waals surface area contributed by atoms with Crippen LogP contribution in [0.2, 0.25) is 0 Å². The Hall–Kier alpha value is -1.73. The second kappa shape index (κ2) is 43.4. The SMILES string of the molecule is CCCCCCCCC/C=C\CCCCCCC(O)C(=O)NC(CO)C(O)C(O)CCC/C=C/CC/C=C/CC/C=C/CCCCCCCCCCCCC. The monoisotopic (exact) mass is 774 g/mol. The van der Waals surface area contributed by atoms with Crippen molar-refractivity contribution in [3.63, 3.8) is 0 Å². The van der Waals surface area contributed by atoms with Crippen molar-refractivity contribution in [2.75, 3.05) is 6.61 Å². The minimum absolute atomic E-state index is 0.343. The van der Waals surface area contributed by atoms with Crippen molar-refractivity contribution in [1.82, 2.24) is 5.32 Å². The van der Waals surface area contributed by atoms with Gasteiger partial charge in [-0.25, -0.2) is 0 Å². The van der Waals surface area contributed by atoms with E-state index >= 15 is 0 Å². The predicted octanol–water partition coefficient (Wildman–Crippen LogP) is 12.7. The summed E-state index contributed by atoms with van der Waals surface area (Å²) < 4.78 is 0. The number of rotatable bonds is 42. The summed E-state index contributed by atoms with van der Waals surface area (Å²) in [6.07, 6.45) is 52.9. The molecule has 0 radical (unpaired) electrons. The standard InChI is InChI=1S/C49H91NO5/c1-3-5-7-9-11-13-15-17-19-20-21-22-23-24-25-26-27-29-30-32-34-36-38-40-42-46(52)48(54)45(44-51)50-49(55)47(53)43-41-39-37-35-33-31-28-18-16-14-12-10-8-6-4-2/h23-24,27-29,31,34,36,45-48,51-54H,3-22,25-26,30,32-33,35,37-44H2,1-2H3,(H,50,55)/b24-23+,29-27+,31-28-,36-34+. The highest BCUT2D eigenvalue weighted by Gasteiger charge is 2.28. The van der Waals surface area contributed by atoms with E-state index in [0.29, 0.717) is 19.3 Å². The van der Waals surface area contributed by atoms with E-state index in [-0.39, 0.29) is 0 Å². The number of amides is 1. The van der Waals surface area contributed by atoms with Gasteiger partial charge in [0, 0.05) is 0 Å². The van der Waals surface area contributed by atoms with Crippen LogP contribution in [0, 0.1) is 0 Å². The Labute approximate surface area is 340 Å². The second-order valence-electron chi connectivity index (χ2n) is 16.1. The zero-order valence-electron chi connectivity index (χ0n) is 36.2. The quantitative estimate of drug-likeness (QED) is 0.0313. The average Bonchev–Trinajstić information content (AvgIpc) is 3.19. The van der Waals surface area contributed by atoms with Crippen LogP contribution in [-0.4, -0.2) is 57.3 Å². The second-order valence-corrected chi connectivity index (χ2v) is 16.1. The van der Waals surface area contributed by atoms with Crippen LogP contribution < -0.4 is 5.32 Å². The van der Waals surface area contributed by atoms with Crippen LogP contribution in [0.15, 0.2) is 48.6 Å². The van der Waals surface area contributed by atoms with E-state index in [1.54, 1.807) is 0 Å². The molecule has 0 heterocycles. The van der Waals surface area contributed by atoms with Gasteiger partial charge in [0.25, 0.3) is 0 Å². The molecule has 55 heavy (non-hydrogen) atoms. The molecule has 1 amide bonds. The summed E-state index contributed by atoms with van der Waals surface area (Å²) in [5.74, 6) is -0.609. The summed E-state index contributed by atoms with van der Waals surface area (Å²) in [6.45, 7) is 4.03. The predicted molar refractivity (Wildman–Crippen MR) is 237 cm³/mol. The third kappa shape index (κ3) is 37.6. The van der Waals surface area contributed by atoms with E-state index in [4.69, 9.17) is 0 Å². The highest BCUT2D eigenvalue weighted by molar-refractivity contribution is 5.80. The molecule has 4 unspecified atom stereocenters. The smallest absolute Gasteiger partial charge is 0.249 e. The van der Waals surface area contributed by atoms with E-state index in [2.05, 4.69) is 67.8 Å². The van der Waals surface area contributed by atoms with Crippen molar-refractivity contribution in [2.45, 2.75) is 250 Å². The topological polar surface area (TPSA) is 110 Å². The lowest BCUT2D eigenvalue weighted by Crippen LogP contribution is -2.53. The van der Waals surface area contributed by atoms with Crippen molar-refractivity contribution in [2.24, 2.45) is 0 Å². The van der Waals surface area contributed by atoms with Gasteiger partial charge in [-0.1, -0.05) is 184 Å². The molecule has 0 bridgehead atoms. The van der Waals surface area contributed by atoms with Crippen LogP contribution in [0.5, 0.6) is 0 Å². The van der Waals surface area contributed by atoms with Crippen LogP contribution in [0.3, 0.4) is 0 Å². The zero-order chi connectivity index (χ0) is 40.3. The van der Waals surface area contributed by atoms with Crippen LogP contribution in [-0.2, 0) is 4.79 Å². The number of aliphatic hydroxyl groups is 4. The fourth-order valence-corrected chi connectivity index (χ4v) is 6.96. The van der Waals surface area contributed by atoms with E-state index in [0.717, 1.165) is 64.2 Å².